The zero-order chi connectivity index (χ0) is 13.2. The fourth-order valence-corrected chi connectivity index (χ4v) is 2.37. The van der Waals surface area contributed by atoms with E-state index in [1.807, 2.05) is 23.1 Å². The molecule has 3 rings (SSSR count). The lowest BCUT2D eigenvalue weighted by atomic mass is 10.1. The number of pyridine rings is 1. The molecular weight excluding hydrogens is 240 g/mol. The van der Waals surface area contributed by atoms with Crippen molar-refractivity contribution in [3.05, 3.63) is 53.9 Å². The minimum absolute atomic E-state index is 0.0197. The summed E-state index contributed by atoms with van der Waals surface area (Å²) in [5, 5.41) is 0. The SMILES string of the molecule is COc1ccc2c(c1)CCN2C(=O)c1ccncc1. The fraction of sp³-hybridized carbons (Fsp3) is 0.200. The second kappa shape index (κ2) is 4.72. The number of anilines is 1. The summed E-state index contributed by atoms with van der Waals surface area (Å²) >= 11 is 0. The van der Waals surface area contributed by atoms with E-state index in [-0.39, 0.29) is 5.91 Å². The van der Waals surface area contributed by atoms with Crippen LogP contribution in [0.1, 0.15) is 15.9 Å². The Bertz CT molecular complexity index is 611. The average Bonchev–Trinajstić information content (AvgIpc) is 2.90. The van der Waals surface area contributed by atoms with Crippen molar-refractivity contribution in [2.24, 2.45) is 0 Å². The van der Waals surface area contributed by atoms with Gasteiger partial charge in [-0.1, -0.05) is 0 Å². The molecule has 0 fully saturated rings. The molecule has 0 radical (unpaired) electrons. The molecule has 0 spiro atoms. The van der Waals surface area contributed by atoms with Gasteiger partial charge in [0.25, 0.3) is 5.91 Å². The van der Waals surface area contributed by atoms with E-state index < -0.39 is 0 Å². The number of ether oxygens (including phenoxy) is 1. The molecule has 0 aliphatic carbocycles. The number of aromatic nitrogens is 1. The second-order valence-electron chi connectivity index (χ2n) is 4.44. The molecule has 2 aromatic rings. The van der Waals surface area contributed by atoms with Crippen molar-refractivity contribution in [3.63, 3.8) is 0 Å². The number of carbonyl (C=O) groups excluding carboxylic acids is 1. The average molecular weight is 254 g/mol. The van der Waals surface area contributed by atoms with Gasteiger partial charge in [-0.2, -0.15) is 0 Å². The van der Waals surface area contributed by atoms with Gasteiger partial charge in [0.05, 0.1) is 7.11 Å². The Morgan fingerprint density at radius 3 is 2.79 bits per heavy atom. The van der Waals surface area contributed by atoms with E-state index >= 15 is 0 Å². The number of amides is 1. The van der Waals surface area contributed by atoms with Gasteiger partial charge in [-0.3, -0.25) is 9.78 Å². The maximum absolute atomic E-state index is 12.4. The summed E-state index contributed by atoms with van der Waals surface area (Å²) in [6.07, 6.45) is 4.14. The molecular formula is C15H14N2O2. The van der Waals surface area contributed by atoms with E-state index in [1.54, 1.807) is 31.6 Å². The zero-order valence-corrected chi connectivity index (χ0v) is 10.7. The smallest absolute Gasteiger partial charge is 0.258 e. The molecule has 1 aromatic carbocycles. The highest BCUT2D eigenvalue weighted by molar-refractivity contribution is 6.07. The highest BCUT2D eigenvalue weighted by Crippen LogP contribution is 2.32. The summed E-state index contributed by atoms with van der Waals surface area (Å²) in [6.45, 7) is 0.712. The van der Waals surface area contributed by atoms with Crippen molar-refractivity contribution in [3.8, 4) is 5.75 Å². The second-order valence-corrected chi connectivity index (χ2v) is 4.44. The molecule has 1 aromatic heterocycles. The molecule has 0 saturated heterocycles. The molecule has 0 N–H and O–H groups in total. The van der Waals surface area contributed by atoms with Gasteiger partial charge in [-0.25, -0.2) is 0 Å². The Kier molecular flexibility index (Phi) is 2.91. The van der Waals surface area contributed by atoms with Gasteiger partial charge in [0, 0.05) is 30.2 Å². The van der Waals surface area contributed by atoms with E-state index in [0.29, 0.717) is 12.1 Å². The monoisotopic (exact) mass is 254 g/mol. The fourth-order valence-electron chi connectivity index (χ4n) is 2.37. The Hall–Kier alpha value is -2.36. The Labute approximate surface area is 111 Å². The maximum atomic E-state index is 12.4. The molecule has 0 atom stereocenters. The summed E-state index contributed by atoms with van der Waals surface area (Å²) in [7, 11) is 1.65. The van der Waals surface area contributed by atoms with Gasteiger partial charge in [-0.05, 0) is 42.3 Å². The Morgan fingerprint density at radius 2 is 2.05 bits per heavy atom. The molecule has 0 unspecified atom stereocenters. The van der Waals surface area contributed by atoms with Crippen molar-refractivity contribution < 1.29 is 9.53 Å². The van der Waals surface area contributed by atoms with E-state index in [1.165, 1.54) is 0 Å². The predicted molar refractivity (Wildman–Crippen MR) is 72.6 cm³/mol. The molecule has 1 amide bonds. The van der Waals surface area contributed by atoms with Gasteiger partial charge >= 0.3 is 0 Å². The zero-order valence-electron chi connectivity index (χ0n) is 10.7. The number of hydrogen-bond donors (Lipinski definition) is 0. The van der Waals surface area contributed by atoms with Crippen LogP contribution < -0.4 is 9.64 Å². The van der Waals surface area contributed by atoms with Crippen LogP contribution in [0.3, 0.4) is 0 Å². The largest absolute Gasteiger partial charge is 0.497 e. The third kappa shape index (κ3) is 2.05. The first kappa shape index (κ1) is 11.7. The van der Waals surface area contributed by atoms with E-state index in [4.69, 9.17) is 4.74 Å². The number of fused-ring (bicyclic) bond motifs is 1. The minimum atomic E-state index is 0.0197. The van der Waals surface area contributed by atoms with E-state index in [2.05, 4.69) is 4.98 Å². The van der Waals surface area contributed by atoms with Gasteiger partial charge in [0.1, 0.15) is 5.75 Å². The van der Waals surface area contributed by atoms with Crippen LogP contribution in [0.25, 0.3) is 0 Å². The van der Waals surface area contributed by atoms with Crippen LogP contribution in [0.4, 0.5) is 5.69 Å². The number of nitrogens with zero attached hydrogens (tertiary/aromatic N) is 2. The summed E-state index contributed by atoms with van der Waals surface area (Å²) < 4.78 is 5.21. The van der Waals surface area contributed by atoms with Crippen LogP contribution >= 0.6 is 0 Å². The molecule has 96 valence electrons. The summed E-state index contributed by atoms with van der Waals surface area (Å²) in [6, 6.07) is 9.31. The van der Waals surface area contributed by atoms with E-state index in [9.17, 15) is 4.79 Å². The van der Waals surface area contributed by atoms with Crippen LogP contribution in [0.5, 0.6) is 5.75 Å². The highest BCUT2D eigenvalue weighted by atomic mass is 16.5. The summed E-state index contributed by atoms with van der Waals surface area (Å²) in [5.41, 5.74) is 2.79. The minimum Gasteiger partial charge on any atom is -0.497 e. The first-order chi connectivity index (χ1) is 9.29. The van der Waals surface area contributed by atoms with Crippen LogP contribution in [0, 0.1) is 0 Å². The number of benzene rings is 1. The first-order valence-corrected chi connectivity index (χ1v) is 6.18. The van der Waals surface area contributed by atoms with Gasteiger partial charge in [-0.15, -0.1) is 0 Å². The maximum Gasteiger partial charge on any atom is 0.258 e. The van der Waals surface area contributed by atoms with E-state index in [0.717, 1.165) is 23.4 Å². The summed E-state index contributed by atoms with van der Waals surface area (Å²) in [4.78, 5) is 18.2. The van der Waals surface area contributed by atoms with Crippen molar-refractivity contribution >= 4 is 11.6 Å². The molecule has 2 heterocycles. The molecule has 19 heavy (non-hydrogen) atoms. The quantitative estimate of drug-likeness (QED) is 0.825. The van der Waals surface area contributed by atoms with Crippen LogP contribution in [-0.2, 0) is 6.42 Å². The van der Waals surface area contributed by atoms with Crippen molar-refractivity contribution in [2.75, 3.05) is 18.6 Å². The molecule has 4 nitrogen and oxygen atoms in total. The first-order valence-electron chi connectivity index (χ1n) is 6.18. The van der Waals surface area contributed by atoms with Crippen LogP contribution in [0.2, 0.25) is 0 Å². The highest BCUT2D eigenvalue weighted by Gasteiger charge is 2.25. The summed E-state index contributed by atoms with van der Waals surface area (Å²) in [5.74, 6) is 0.850. The number of hydrogen-bond acceptors (Lipinski definition) is 3. The van der Waals surface area contributed by atoms with Crippen molar-refractivity contribution in [1.29, 1.82) is 0 Å². The van der Waals surface area contributed by atoms with Crippen LogP contribution in [0.15, 0.2) is 42.7 Å². The molecule has 0 saturated carbocycles. The molecule has 4 heteroatoms. The third-order valence-electron chi connectivity index (χ3n) is 3.35. The van der Waals surface area contributed by atoms with Crippen molar-refractivity contribution in [1.82, 2.24) is 4.98 Å². The Balaban J connectivity index is 1.92. The van der Waals surface area contributed by atoms with Gasteiger partial charge < -0.3 is 9.64 Å². The third-order valence-corrected chi connectivity index (χ3v) is 3.35. The lowest BCUT2D eigenvalue weighted by molar-refractivity contribution is 0.0989. The predicted octanol–water partition coefficient (Wildman–Crippen LogP) is 2.29. The van der Waals surface area contributed by atoms with Crippen LogP contribution in [-0.4, -0.2) is 24.5 Å². The van der Waals surface area contributed by atoms with Crippen molar-refractivity contribution in [2.45, 2.75) is 6.42 Å². The topological polar surface area (TPSA) is 42.4 Å². The standard InChI is InChI=1S/C15H14N2O2/c1-19-13-2-3-14-12(10-13)6-9-17(14)15(18)11-4-7-16-8-5-11/h2-5,7-8,10H,6,9H2,1H3. The number of carbonyl (C=O) groups is 1. The van der Waals surface area contributed by atoms with Gasteiger partial charge in [0.2, 0.25) is 0 Å². The van der Waals surface area contributed by atoms with Gasteiger partial charge in [0.15, 0.2) is 0 Å². The number of rotatable bonds is 2. The molecule has 1 aliphatic rings. The number of methoxy groups -OCH3 is 1. The Morgan fingerprint density at radius 1 is 1.26 bits per heavy atom. The molecule has 1 aliphatic heterocycles. The molecule has 0 bridgehead atoms. The lowest BCUT2D eigenvalue weighted by Gasteiger charge is -2.17. The lowest BCUT2D eigenvalue weighted by Crippen LogP contribution is -2.28. The normalized spacial score (nSPS) is 13.2.